The molecule has 0 spiro atoms. The van der Waals surface area contributed by atoms with E-state index in [4.69, 9.17) is 0 Å². The largest absolute Gasteiger partial charge is 0.339 e. The lowest BCUT2D eigenvalue weighted by Gasteiger charge is -2.21. The minimum atomic E-state index is -0.474. The molecule has 5 nitrogen and oxygen atoms in total. The molecule has 0 aliphatic carbocycles. The summed E-state index contributed by atoms with van der Waals surface area (Å²) in [6, 6.07) is 6.62. The van der Waals surface area contributed by atoms with Gasteiger partial charge in [0.2, 0.25) is 5.91 Å². The predicted octanol–water partition coefficient (Wildman–Crippen LogP) is 0.833. The summed E-state index contributed by atoms with van der Waals surface area (Å²) in [7, 11) is 0. The topological polar surface area (TPSA) is 61.4 Å². The number of benzene rings is 1. The number of rotatable bonds is 2. The highest BCUT2D eigenvalue weighted by molar-refractivity contribution is 6.09. The van der Waals surface area contributed by atoms with Crippen molar-refractivity contribution < 1.29 is 9.59 Å². The Hall–Kier alpha value is -1.88. The van der Waals surface area contributed by atoms with Crippen molar-refractivity contribution in [2.24, 2.45) is 0 Å². The highest BCUT2D eigenvalue weighted by Crippen LogP contribution is 2.18. The van der Waals surface area contributed by atoms with Crippen molar-refractivity contribution in [1.82, 2.24) is 10.2 Å². The van der Waals surface area contributed by atoms with Crippen LogP contribution in [0.15, 0.2) is 24.3 Å². The lowest BCUT2D eigenvalue weighted by atomic mass is 10.1. The van der Waals surface area contributed by atoms with Crippen molar-refractivity contribution in [2.45, 2.75) is 18.9 Å². The van der Waals surface area contributed by atoms with Crippen molar-refractivity contribution >= 4 is 17.5 Å². The van der Waals surface area contributed by atoms with E-state index >= 15 is 0 Å². The van der Waals surface area contributed by atoms with E-state index in [2.05, 4.69) is 15.5 Å². The minimum absolute atomic E-state index is 0.134. The van der Waals surface area contributed by atoms with Gasteiger partial charge < -0.3 is 15.5 Å². The van der Waals surface area contributed by atoms with E-state index in [1.54, 1.807) is 18.2 Å². The summed E-state index contributed by atoms with van der Waals surface area (Å²) in [6.45, 7) is 2.60. The Bertz CT molecular complexity index is 509. The molecule has 1 unspecified atom stereocenters. The van der Waals surface area contributed by atoms with Crippen LogP contribution in [0.5, 0.6) is 0 Å². The van der Waals surface area contributed by atoms with E-state index in [0.717, 1.165) is 13.1 Å². The summed E-state index contributed by atoms with van der Waals surface area (Å²) in [5.41, 5.74) is 1.12. The van der Waals surface area contributed by atoms with Gasteiger partial charge in [-0.05, 0) is 38.1 Å². The van der Waals surface area contributed by atoms with Crippen LogP contribution in [0.25, 0.3) is 0 Å². The summed E-state index contributed by atoms with van der Waals surface area (Å²) >= 11 is 0. The standard InChI is InChI=1S/C14H17N3O2/c18-13-10-5-1-2-6-11(10)15-14(19)12(16-13)9-17-7-3-4-8-17/h1-2,5-6,12H,3-4,7-9H2,(H,15,19)(H,16,18). The number of carbonyl (C=O) groups is 2. The van der Waals surface area contributed by atoms with Gasteiger partial charge in [0.05, 0.1) is 11.3 Å². The molecular formula is C14H17N3O2. The Balaban J connectivity index is 1.79. The molecule has 1 aromatic carbocycles. The Morgan fingerprint density at radius 1 is 1.16 bits per heavy atom. The van der Waals surface area contributed by atoms with Crippen LogP contribution in [0.4, 0.5) is 5.69 Å². The molecule has 1 aromatic rings. The number of carbonyl (C=O) groups excluding carboxylic acids is 2. The first-order valence-electron chi connectivity index (χ1n) is 6.67. The smallest absolute Gasteiger partial charge is 0.254 e. The summed E-state index contributed by atoms with van der Waals surface area (Å²) in [4.78, 5) is 26.5. The van der Waals surface area contributed by atoms with Gasteiger partial charge in [-0.25, -0.2) is 0 Å². The van der Waals surface area contributed by atoms with E-state index < -0.39 is 6.04 Å². The van der Waals surface area contributed by atoms with Crippen molar-refractivity contribution in [2.75, 3.05) is 25.0 Å². The molecule has 1 saturated heterocycles. The first-order valence-corrected chi connectivity index (χ1v) is 6.67. The second kappa shape index (κ2) is 5.01. The van der Waals surface area contributed by atoms with Crippen molar-refractivity contribution in [3.05, 3.63) is 29.8 Å². The minimum Gasteiger partial charge on any atom is -0.339 e. The highest BCUT2D eigenvalue weighted by atomic mass is 16.2. The Kier molecular flexibility index (Phi) is 3.21. The third kappa shape index (κ3) is 2.46. The van der Waals surface area contributed by atoms with Gasteiger partial charge in [-0.1, -0.05) is 12.1 Å². The Labute approximate surface area is 112 Å². The SMILES string of the molecule is O=C1NC(CN2CCCC2)C(=O)Nc2ccccc21. The number of anilines is 1. The van der Waals surface area contributed by atoms with Gasteiger partial charge in [-0.3, -0.25) is 9.59 Å². The van der Waals surface area contributed by atoms with Gasteiger partial charge in [0, 0.05) is 6.54 Å². The van der Waals surface area contributed by atoms with Gasteiger partial charge >= 0.3 is 0 Å². The summed E-state index contributed by atoms with van der Waals surface area (Å²) < 4.78 is 0. The molecule has 0 bridgehead atoms. The fourth-order valence-corrected chi connectivity index (χ4v) is 2.66. The maximum absolute atomic E-state index is 12.2. The maximum atomic E-state index is 12.2. The van der Waals surface area contributed by atoms with E-state index in [0.29, 0.717) is 17.8 Å². The molecule has 3 rings (SSSR count). The predicted molar refractivity (Wildman–Crippen MR) is 72.0 cm³/mol. The quantitative estimate of drug-likeness (QED) is 0.827. The third-order valence-electron chi connectivity index (χ3n) is 3.69. The molecular weight excluding hydrogens is 242 g/mol. The molecule has 1 fully saturated rings. The first-order chi connectivity index (χ1) is 9.24. The molecule has 5 heteroatoms. The van der Waals surface area contributed by atoms with Crippen molar-refractivity contribution in [1.29, 1.82) is 0 Å². The first kappa shape index (κ1) is 12.2. The van der Waals surface area contributed by atoms with E-state index in [-0.39, 0.29) is 11.8 Å². The number of fused-ring (bicyclic) bond motifs is 1. The number of nitrogens with zero attached hydrogens (tertiary/aromatic N) is 1. The van der Waals surface area contributed by atoms with Gasteiger partial charge in [0.25, 0.3) is 5.91 Å². The number of nitrogens with one attached hydrogen (secondary N) is 2. The molecule has 2 aliphatic heterocycles. The number of para-hydroxylation sites is 1. The number of hydrogen-bond donors (Lipinski definition) is 2. The van der Waals surface area contributed by atoms with E-state index in [1.165, 1.54) is 12.8 Å². The molecule has 0 radical (unpaired) electrons. The highest BCUT2D eigenvalue weighted by Gasteiger charge is 2.29. The van der Waals surface area contributed by atoms with Crippen LogP contribution in [-0.4, -0.2) is 42.4 Å². The molecule has 0 saturated carbocycles. The van der Waals surface area contributed by atoms with Crippen LogP contribution in [0.3, 0.4) is 0 Å². The van der Waals surface area contributed by atoms with Crippen LogP contribution in [0.1, 0.15) is 23.2 Å². The van der Waals surface area contributed by atoms with E-state index in [1.807, 2.05) is 6.07 Å². The van der Waals surface area contributed by atoms with Crippen LogP contribution in [0.2, 0.25) is 0 Å². The second-order valence-electron chi connectivity index (χ2n) is 5.07. The van der Waals surface area contributed by atoms with Crippen LogP contribution >= 0.6 is 0 Å². The molecule has 1 atom stereocenters. The monoisotopic (exact) mass is 259 g/mol. The van der Waals surface area contributed by atoms with Gasteiger partial charge in [-0.2, -0.15) is 0 Å². The molecule has 2 N–H and O–H groups in total. The molecule has 2 heterocycles. The maximum Gasteiger partial charge on any atom is 0.254 e. The molecule has 19 heavy (non-hydrogen) atoms. The lowest BCUT2D eigenvalue weighted by molar-refractivity contribution is -0.118. The lowest BCUT2D eigenvalue weighted by Crippen LogP contribution is -2.48. The van der Waals surface area contributed by atoms with Crippen LogP contribution < -0.4 is 10.6 Å². The zero-order valence-electron chi connectivity index (χ0n) is 10.7. The summed E-state index contributed by atoms with van der Waals surface area (Å²) in [5, 5.41) is 5.65. The average Bonchev–Trinajstić information content (AvgIpc) is 2.87. The summed E-state index contributed by atoms with van der Waals surface area (Å²) in [6.07, 6.45) is 2.34. The molecule has 0 aromatic heterocycles. The van der Waals surface area contributed by atoms with Crippen LogP contribution in [0, 0.1) is 0 Å². The zero-order chi connectivity index (χ0) is 13.2. The molecule has 100 valence electrons. The molecule has 2 aliphatic rings. The fourth-order valence-electron chi connectivity index (χ4n) is 2.66. The van der Waals surface area contributed by atoms with Crippen molar-refractivity contribution in [3.63, 3.8) is 0 Å². The van der Waals surface area contributed by atoms with Gasteiger partial charge in [-0.15, -0.1) is 0 Å². The fraction of sp³-hybridized carbons (Fsp3) is 0.429. The van der Waals surface area contributed by atoms with Crippen molar-refractivity contribution in [3.8, 4) is 0 Å². The Morgan fingerprint density at radius 2 is 1.89 bits per heavy atom. The third-order valence-corrected chi connectivity index (χ3v) is 3.69. The number of amides is 2. The van der Waals surface area contributed by atoms with Gasteiger partial charge in [0.15, 0.2) is 0 Å². The normalized spacial score (nSPS) is 23.5. The molecule has 2 amide bonds. The van der Waals surface area contributed by atoms with Gasteiger partial charge in [0.1, 0.15) is 6.04 Å². The zero-order valence-corrected chi connectivity index (χ0v) is 10.7. The van der Waals surface area contributed by atoms with Crippen LogP contribution in [-0.2, 0) is 4.79 Å². The summed E-state index contributed by atoms with van der Waals surface area (Å²) in [5.74, 6) is -0.316. The second-order valence-corrected chi connectivity index (χ2v) is 5.07. The number of hydrogen-bond acceptors (Lipinski definition) is 3. The average molecular weight is 259 g/mol. The van der Waals surface area contributed by atoms with E-state index in [9.17, 15) is 9.59 Å². The number of likely N-dealkylation sites (tertiary alicyclic amines) is 1. The Morgan fingerprint density at radius 3 is 2.68 bits per heavy atom.